The molecule has 0 aromatic heterocycles. The lowest BCUT2D eigenvalue weighted by Gasteiger charge is -2.29. The summed E-state index contributed by atoms with van der Waals surface area (Å²) in [5, 5.41) is 3.25. The summed E-state index contributed by atoms with van der Waals surface area (Å²) in [6.07, 6.45) is 5.84. The van der Waals surface area contributed by atoms with E-state index in [-0.39, 0.29) is 12.0 Å². The minimum atomic E-state index is -0.283. The van der Waals surface area contributed by atoms with Crippen molar-refractivity contribution in [1.29, 1.82) is 0 Å². The van der Waals surface area contributed by atoms with Gasteiger partial charge in [0.2, 0.25) is 0 Å². The van der Waals surface area contributed by atoms with Crippen LogP contribution in [0.15, 0.2) is 0 Å². The van der Waals surface area contributed by atoms with E-state index in [1.54, 1.807) is 0 Å². The molecule has 0 aromatic carbocycles. The predicted octanol–water partition coefficient (Wildman–Crippen LogP) is 1.79. The van der Waals surface area contributed by atoms with Crippen LogP contribution in [0.5, 0.6) is 0 Å². The van der Waals surface area contributed by atoms with Gasteiger partial charge in [-0.25, -0.2) is 0 Å². The highest BCUT2D eigenvalue weighted by molar-refractivity contribution is 5.80. The van der Waals surface area contributed by atoms with Crippen LogP contribution in [0.3, 0.4) is 0 Å². The molecule has 1 fully saturated rings. The molecule has 1 amide bonds. The SMILES string of the molecule is CCCCCCCOC(C)C(=O)N1CCNCC1. The highest BCUT2D eigenvalue weighted by Gasteiger charge is 2.22. The second-order valence-corrected chi connectivity index (χ2v) is 5.00. The number of hydrogen-bond acceptors (Lipinski definition) is 3. The Labute approximate surface area is 111 Å². The molecule has 1 N–H and O–H groups in total. The van der Waals surface area contributed by atoms with Crippen LogP contribution < -0.4 is 5.32 Å². The van der Waals surface area contributed by atoms with Gasteiger partial charge in [-0.1, -0.05) is 32.6 Å². The molecule has 106 valence electrons. The van der Waals surface area contributed by atoms with Crippen molar-refractivity contribution < 1.29 is 9.53 Å². The van der Waals surface area contributed by atoms with Crippen LogP contribution in [0.25, 0.3) is 0 Å². The quantitative estimate of drug-likeness (QED) is 0.673. The minimum absolute atomic E-state index is 0.144. The molecule has 0 spiro atoms. The van der Waals surface area contributed by atoms with Crippen LogP contribution in [0.1, 0.15) is 46.0 Å². The van der Waals surface area contributed by atoms with Crippen molar-refractivity contribution >= 4 is 5.91 Å². The van der Waals surface area contributed by atoms with Crippen LogP contribution in [0.2, 0.25) is 0 Å². The highest BCUT2D eigenvalue weighted by Crippen LogP contribution is 2.05. The van der Waals surface area contributed by atoms with E-state index < -0.39 is 0 Å². The van der Waals surface area contributed by atoms with Crippen LogP contribution in [-0.2, 0) is 9.53 Å². The van der Waals surface area contributed by atoms with Gasteiger partial charge in [-0.3, -0.25) is 4.79 Å². The standard InChI is InChI=1S/C14H28N2O2/c1-3-4-5-6-7-12-18-13(2)14(17)16-10-8-15-9-11-16/h13,15H,3-12H2,1-2H3. The molecule has 0 saturated carbocycles. The third kappa shape index (κ3) is 5.83. The molecular weight excluding hydrogens is 228 g/mol. The summed E-state index contributed by atoms with van der Waals surface area (Å²) in [6.45, 7) is 8.21. The number of nitrogens with zero attached hydrogens (tertiary/aromatic N) is 1. The first kappa shape index (κ1) is 15.4. The van der Waals surface area contributed by atoms with Gasteiger partial charge in [0, 0.05) is 32.8 Å². The minimum Gasteiger partial charge on any atom is -0.369 e. The Morgan fingerprint density at radius 3 is 2.56 bits per heavy atom. The Hall–Kier alpha value is -0.610. The molecule has 18 heavy (non-hydrogen) atoms. The van der Waals surface area contributed by atoms with Crippen molar-refractivity contribution in [3.8, 4) is 0 Å². The Kier molecular flexibility index (Phi) is 8.01. The monoisotopic (exact) mass is 256 g/mol. The number of nitrogens with one attached hydrogen (secondary N) is 1. The van der Waals surface area contributed by atoms with Crippen molar-refractivity contribution in [1.82, 2.24) is 10.2 Å². The summed E-state index contributed by atoms with van der Waals surface area (Å²) >= 11 is 0. The lowest BCUT2D eigenvalue weighted by Crippen LogP contribution is -2.49. The molecule has 0 bridgehead atoms. The van der Waals surface area contributed by atoms with Gasteiger partial charge in [-0.05, 0) is 13.3 Å². The lowest BCUT2D eigenvalue weighted by molar-refractivity contribution is -0.143. The number of ether oxygens (including phenoxy) is 1. The maximum Gasteiger partial charge on any atom is 0.251 e. The van der Waals surface area contributed by atoms with Crippen molar-refractivity contribution in [3.05, 3.63) is 0 Å². The normalized spacial score (nSPS) is 17.8. The Balaban J connectivity index is 2.07. The number of rotatable bonds is 8. The number of amides is 1. The molecule has 0 aromatic rings. The Morgan fingerprint density at radius 1 is 1.22 bits per heavy atom. The Bertz CT molecular complexity index is 228. The molecule has 1 unspecified atom stereocenters. The van der Waals surface area contributed by atoms with Crippen LogP contribution >= 0.6 is 0 Å². The second kappa shape index (κ2) is 9.34. The van der Waals surface area contributed by atoms with Crippen molar-refractivity contribution in [3.63, 3.8) is 0 Å². The van der Waals surface area contributed by atoms with E-state index in [9.17, 15) is 4.79 Å². The third-order valence-electron chi connectivity index (χ3n) is 3.39. The summed E-state index contributed by atoms with van der Waals surface area (Å²) in [5.41, 5.74) is 0. The molecular formula is C14H28N2O2. The van der Waals surface area contributed by atoms with Crippen LogP contribution in [0.4, 0.5) is 0 Å². The first-order chi connectivity index (χ1) is 8.75. The second-order valence-electron chi connectivity index (χ2n) is 5.00. The first-order valence-electron chi connectivity index (χ1n) is 7.36. The molecule has 4 heteroatoms. The fourth-order valence-electron chi connectivity index (χ4n) is 2.18. The number of unbranched alkanes of at least 4 members (excludes halogenated alkanes) is 4. The van der Waals surface area contributed by atoms with Gasteiger partial charge in [0.05, 0.1) is 0 Å². The number of hydrogen-bond donors (Lipinski definition) is 1. The van der Waals surface area contributed by atoms with E-state index in [1.807, 2.05) is 11.8 Å². The highest BCUT2D eigenvalue weighted by atomic mass is 16.5. The zero-order valence-corrected chi connectivity index (χ0v) is 11.9. The molecule has 1 rings (SSSR count). The van der Waals surface area contributed by atoms with Gasteiger partial charge in [0.25, 0.3) is 5.91 Å². The molecule has 0 aliphatic carbocycles. The van der Waals surface area contributed by atoms with E-state index in [0.29, 0.717) is 6.61 Å². The smallest absolute Gasteiger partial charge is 0.251 e. The maximum absolute atomic E-state index is 12.0. The first-order valence-corrected chi connectivity index (χ1v) is 7.36. The summed E-state index contributed by atoms with van der Waals surface area (Å²) in [5.74, 6) is 0.144. The summed E-state index contributed by atoms with van der Waals surface area (Å²) in [7, 11) is 0. The van der Waals surface area contributed by atoms with Gasteiger partial charge in [0.1, 0.15) is 6.10 Å². The Morgan fingerprint density at radius 2 is 1.89 bits per heavy atom. The van der Waals surface area contributed by atoms with Gasteiger partial charge in [0.15, 0.2) is 0 Å². The molecule has 1 heterocycles. The fourth-order valence-corrected chi connectivity index (χ4v) is 2.18. The molecule has 1 saturated heterocycles. The van der Waals surface area contributed by atoms with Gasteiger partial charge in [-0.15, -0.1) is 0 Å². The van der Waals surface area contributed by atoms with E-state index in [0.717, 1.165) is 32.6 Å². The summed E-state index contributed by atoms with van der Waals surface area (Å²) < 4.78 is 5.63. The lowest BCUT2D eigenvalue weighted by atomic mass is 10.2. The van der Waals surface area contributed by atoms with Crippen LogP contribution in [-0.4, -0.2) is 49.7 Å². The van der Waals surface area contributed by atoms with Gasteiger partial charge >= 0.3 is 0 Å². The predicted molar refractivity (Wildman–Crippen MR) is 73.6 cm³/mol. The van der Waals surface area contributed by atoms with Gasteiger partial charge < -0.3 is 15.0 Å². The van der Waals surface area contributed by atoms with Crippen LogP contribution in [0, 0.1) is 0 Å². The number of piperazine rings is 1. The number of carbonyl (C=O) groups is 1. The van der Waals surface area contributed by atoms with E-state index >= 15 is 0 Å². The topological polar surface area (TPSA) is 41.6 Å². The molecule has 1 aliphatic rings. The van der Waals surface area contributed by atoms with Crippen molar-refractivity contribution in [2.75, 3.05) is 32.8 Å². The molecule has 1 atom stereocenters. The number of carbonyl (C=O) groups excluding carboxylic acids is 1. The van der Waals surface area contributed by atoms with E-state index in [4.69, 9.17) is 4.74 Å². The average molecular weight is 256 g/mol. The molecule has 1 aliphatic heterocycles. The van der Waals surface area contributed by atoms with Gasteiger partial charge in [-0.2, -0.15) is 0 Å². The zero-order chi connectivity index (χ0) is 13.2. The van der Waals surface area contributed by atoms with E-state index in [1.165, 1.54) is 25.7 Å². The zero-order valence-electron chi connectivity index (χ0n) is 11.9. The third-order valence-corrected chi connectivity index (χ3v) is 3.39. The molecule has 4 nitrogen and oxygen atoms in total. The maximum atomic E-state index is 12.0. The van der Waals surface area contributed by atoms with Crippen molar-refractivity contribution in [2.24, 2.45) is 0 Å². The fraction of sp³-hybridized carbons (Fsp3) is 0.929. The average Bonchev–Trinajstić information content (AvgIpc) is 2.42. The molecule has 0 radical (unpaired) electrons. The largest absolute Gasteiger partial charge is 0.369 e. The van der Waals surface area contributed by atoms with E-state index in [2.05, 4.69) is 12.2 Å². The summed E-state index contributed by atoms with van der Waals surface area (Å²) in [4.78, 5) is 13.9. The van der Waals surface area contributed by atoms with Crippen molar-refractivity contribution in [2.45, 2.75) is 52.1 Å². The summed E-state index contributed by atoms with van der Waals surface area (Å²) in [6, 6.07) is 0.